The van der Waals surface area contributed by atoms with Crippen LogP contribution in [0.25, 0.3) is 0 Å². The number of rotatable bonds is 9. The van der Waals surface area contributed by atoms with Gasteiger partial charge in [0.05, 0.1) is 11.3 Å². The van der Waals surface area contributed by atoms with Crippen molar-refractivity contribution in [2.24, 2.45) is 0 Å². The zero-order valence-electron chi connectivity index (χ0n) is 12.7. The van der Waals surface area contributed by atoms with E-state index in [1.165, 1.54) is 11.8 Å². The van der Waals surface area contributed by atoms with Crippen molar-refractivity contribution in [3.63, 3.8) is 0 Å². The van der Waals surface area contributed by atoms with Crippen LogP contribution >= 0.6 is 11.8 Å². The molecular weight excluding hydrogens is 286 g/mol. The van der Waals surface area contributed by atoms with E-state index >= 15 is 0 Å². The van der Waals surface area contributed by atoms with Crippen LogP contribution < -0.4 is 0 Å². The first kappa shape index (κ1) is 17.6. The van der Waals surface area contributed by atoms with Crippen molar-refractivity contribution in [1.29, 1.82) is 0 Å². The third-order valence-electron chi connectivity index (χ3n) is 3.07. The number of carboxylic acid groups (broad SMARTS) is 1. The zero-order valence-corrected chi connectivity index (χ0v) is 13.5. The molecule has 1 amide bonds. The minimum absolute atomic E-state index is 0.136. The lowest BCUT2D eigenvalue weighted by atomic mass is 10.1. The van der Waals surface area contributed by atoms with E-state index in [0.29, 0.717) is 17.1 Å². The zero-order chi connectivity index (χ0) is 15.7. The highest BCUT2D eigenvalue weighted by atomic mass is 32.2. The molecule has 116 valence electrons. The topological polar surface area (TPSA) is 57.6 Å². The number of benzene rings is 1. The van der Waals surface area contributed by atoms with Crippen LogP contribution in [0.5, 0.6) is 0 Å². The van der Waals surface area contributed by atoms with Crippen LogP contribution in [0.3, 0.4) is 0 Å². The van der Waals surface area contributed by atoms with Gasteiger partial charge in [-0.2, -0.15) is 0 Å². The number of carboxylic acids is 1. The van der Waals surface area contributed by atoms with E-state index in [1.54, 1.807) is 18.2 Å². The Morgan fingerprint density at radius 2 is 1.76 bits per heavy atom. The lowest BCUT2D eigenvalue weighted by Gasteiger charge is -2.21. The average Bonchev–Trinajstić information content (AvgIpc) is 2.47. The van der Waals surface area contributed by atoms with Gasteiger partial charge in [-0.15, -0.1) is 11.8 Å². The predicted octanol–water partition coefficient (Wildman–Crippen LogP) is 3.27. The van der Waals surface area contributed by atoms with Gasteiger partial charge >= 0.3 is 5.97 Å². The second kappa shape index (κ2) is 9.45. The van der Waals surface area contributed by atoms with Crippen LogP contribution in [0.1, 0.15) is 42.6 Å². The predicted molar refractivity (Wildman–Crippen MR) is 86.7 cm³/mol. The van der Waals surface area contributed by atoms with Crippen molar-refractivity contribution in [2.75, 3.05) is 18.8 Å². The Morgan fingerprint density at radius 3 is 2.33 bits per heavy atom. The van der Waals surface area contributed by atoms with E-state index < -0.39 is 5.97 Å². The van der Waals surface area contributed by atoms with Crippen LogP contribution in [0.15, 0.2) is 24.3 Å². The fourth-order valence-corrected chi connectivity index (χ4v) is 3.03. The summed E-state index contributed by atoms with van der Waals surface area (Å²) in [7, 11) is 0. The fourth-order valence-electron chi connectivity index (χ4n) is 2.10. The van der Waals surface area contributed by atoms with Gasteiger partial charge in [-0.05, 0) is 24.5 Å². The molecule has 21 heavy (non-hydrogen) atoms. The third kappa shape index (κ3) is 5.79. The summed E-state index contributed by atoms with van der Waals surface area (Å²) in [5.74, 6) is 0.154. The summed E-state index contributed by atoms with van der Waals surface area (Å²) < 4.78 is 0. The van der Waals surface area contributed by atoms with Crippen molar-refractivity contribution in [2.45, 2.75) is 32.4 Å². The normalized spacial score (nSPS) is 10.4. The summed E-state index contributed by atoms with van der Waals surface area (Å²) in [6.07, 6.45) is 1.91. The number of thioether (sulfide) groups is 1. The van der Waals surface area contributed by atoms with Gasteiger partial charge in [0.15, 0.2) is 0 Å². The number of amides is 1. The summed E-state index contributed by atoms with van der Waals surface area (Å²) in [6.45, 7) is 5.70. The second-order valence-corrected chi connectivity index (χ2v) is 5.82. The molecular formula is C16H23NO3S. The van der Waals surface area contributed by atoms with Gasteiger partial charge in [-0.25, -0.2) is 4.79 Å². The van der Waals surface area contributed by atoms with Crippen molar-refractivity contribution in [3.8, 4) is 0 Å². The number of nitrogens with zero attached hydrogens (tertiary/aromatic N) is 1. The van der Waals surface area contributed by atoms with Crippen molar-refractivity contribution >= 4 is 23.6 Å². The van der Waals surface area contributed by atoms with Crippen molar-refractivity contribution < 1.29 is 14.7 Å². The van der Waals surface area contributed by atoms with E-state index in [1.807, 2.05) is 11.0 Å². The number of hydrogen-bond acceptors (Lipinski definition) is 3. The highest BCUT2D eigenvalue weighted by molar-refractivity contribution is 7.99. The smallest absolute Gasteiger partial charge is 0.335 e. The SMILES string of the molecule is CCCN(CCC)C(=O)CSCc1ccccc1C(=O)O. The Kier molecular flexibility index (Phi) is 7.90. The Morgan fingerprint density at radius 1 is 1.14 bits per heavy atom. The molecule has 0 bridgehead atoms. The molecule has 1 rings (SSSR count). The summed E-state index contributed by atoms with van der Waals surface area (Å²) in [5.41, 5.74) is 1.08. The first-order valence-electron chi connectivity index (χ1n) is 7.26. The van der Waals surface area contributed by atoms with Crippen LogP contribution in [0.2, 0.25) is 0 Å². The Hall–Kier alpha value is -1.49. The molecule has 0 atom stereocenters. The van der Waals surface area contributed by atoms with E-state index in [-0.39, 0.29) is 5.91 Å². The molecule has 0 radical (unpaired) electrons. The summed E-state index contributed by atoms with van der Waals surface area (Å²) in [4.78, 5) is 25.1. The molecule has 5 heteroatoms. The maximum atomic E-state index is 12.1. The largest absolute Gasteiger partial charge is 0.478 e. The van der Waals surface area contributed by atoms with Gasteiger partial charge in [0.2, 0.25) is 5.91 Å². The number of aromatic carboxylic acids is 1. The minimum Gasteiger partial charge on any atom is -0.478 e. The molecule has 0 aliphatic heterocycles. The molecule has 0 heterocycles. The molecule has 0 fully saturated rings. The lowest BCUT2D eigenvalue weighted by Crippen LogP contribution is -2.33. The molecule has 0 unspecified atom stereocenters. The minimum atomic E-state index is -0.920. The first-order valence-corrected chi connectivity index (χ1v) is 8.42. The molecule has 0 saturated heterocycles. The van der Waals surface area contributed by atoms with Gasteiger partial charge in [0, 0.05) is 18.8 Å². The van der Waals surface area contributed by atoms with Crippen molar-refractivity contribution in [3.05, 3.63) is 35.4 Å². The number of carbonyl (C=O) groups excluding carboxylic acids is 1. The van der Waals surface area contributed by atoms with Gasteiger partial charge in [0.25, 0.3) is 0 Å². The lowest BCUT2D eigenvalue weighted by molar-refractivity contribution is -0.128. The van der Waals surface area contributed by atoms with Crippen LogP contribution in [0.4, 0.5) is 0 Å². The molecule has 0 spiro atoms. The van der Waals surface area contributed by atoms with Gasteiger partial charge < -0.3 is 10.0 Å². The molecule has 4 nitrogen and oxygen atoms in total. The van der Waals surface area contributed by atoms with Crippen LogP contribution in [-0.4, -0.2) is 40.7 Å². The van der Waals surface area contributed by atoms with E-state index in [2.05, 4.69) is 13.8 Å². The van der Waals surface area contributed by atoms with Gasteiger partial charge in [0.1, 0.15) is 0 Å². The standard InChI is InChI=1S/C16H23NO3S/c1-3-9-17(10-4-2)15(18)12-21-11-13-7-5-6-8-14(13)16(19)20/h5-8H,3-4,9-12H2,1-2H3,(H,19,20). The summed E-state index contributed by atoms with van der Waals surface area (Å²) >= 11 is 1.47. The summed E-state index contributed by atoms with van der Waals surface area (Å²) in [6, 6.07) is 6.94. The Labute approximate surface area is 130 Å². The third-order valence-corrected chi connectivity index (χ3v) is 4.04. The van der Waals surface area contributed by atoms with Crippen LogP contribution in [0, 0.1) is 0 Å². The number of carbonyl (C=O) groups is 2. The highest BCUT2D eigenvalue weighted by Gasteiger charge is 2.13. The van der Waals surface area contributed by atoms with E-state index in [0.717, 1.165) is 31.5 Å². The molecule has 0 aliphatic rings. The molecule has 1 N–H and O–H groups in total. The molecule has 1 aromatic rings. The quantitative estimate of drug-likeness (QED) is 0.760. The molecule has 0 aliphatic carbocycles. The number of hydrogen-bond donors (Lipinski definition) is 1. The molecule has 0 aromatic heterocycles. The van der Waals surface area contributed by atoms with Gasteiger partial charge in [-0.1, -0.05) is 32.0 Å². The molecule has 0 saturated carbocycles. The maximum Gasteiger partial charge on any atom is 0.335 e. The van der Waals surface area contributed by atoms with Gasteiger partial charge in [-0.3, -0.25) is 4.79 Å². The highest BCUT2D eigenvalue weighted by Crippen LogP contribution is 2.17. The average molecular weight is 309 g/mol. The summed E-state index contributed by atoms with van der Waals surface area (Å²) in [5, 5.41) is 9.12. The van der Waals surface area contributed by atoms with Crippen molar-refractivity contribution in [1.82, 2.24) is 4.90 Å². The van der Waals surface area contributed by atoms with E-state index in [4.69, 9.17) is 5.11 Å². The van der Waals surface area contributed by atoms with Crippen LogP contribution in [-0.2, 0) is 10.5 Å². The van der Waals surface area contributed by atoms with E-state index in [9.17, 15) is 9.59 Å². The maximum absolute atomic E-state index is 12.1. The monoisotopic (exact) mass is 309 g/mol. The molecule has 1 aromatic carbocycles. The Bertz CT molecular complexity index is 470. The first-order chi connectivity index (χ1) is 10.1. The second-order valence-electron chi connectivity index (χ2n) is 4.84. The fraction of sp³-hybridized carbons (Fsp3) is 0.500. The Balaban J connectivity index is 2.53.